The van der Waals surface area contributed by atoms with Crippen molar-refractivity contribution in [2.75, 3.05) is 23.3 Å². The van der Waals surface area contributed by atoms with Crippen LogP contribution in [0.25, 0.3) is 0 Å². The van der Waals surface area contributed by atoms with Crippen LogP contribution in [-0.4, -0.2) is 29.7 Å². The molecule has 1 aromatic rings. The number of carboxylic acids is 1. The van der Waals surface area contributed by atoms with E-state index in [-0.39, 0.29) is 6.42 Å². The van der Waals surface area contributed by atoms with E-state index in [1.165, 1.54) is 0 Å². The zero-order valence-electron chi connectivity index (χ0n) is 11.1. The van der Waals surface area contributed by atoms with Crippen LogP contribution < -0.4 is 10.2 Å². The molecule has 2 N–H and O–H groups in total. The van der Waals surface area contributed by atoms with E-state index in [1.54, 1.807) is 6.07 Å². The summed E-state index contributed by atoms with van der Waals surface area (Å²) in [6.45, 7) is 5.31. The van der Waals surface area contributed by atoms with Crippen LogP contribution in [-0.2, 0) is 4.79 Å². The Morgan fingerprint density at radius 2 is 2.32 bits per heavy atom. The zero-order valence-corrected chi connectivity index (χ0v) is 11.1. The minimum absolute atomic E-state index is 0.0588. The van der Waals surface area contributed by atoms with Gasteiger partial charge in [0.2, 0.25) is 0 Å². The van der Waals surface area contributed by atoms with Crippen LogP contribution in [0.15, 0.2) is 18.2 Å². The highest BCUT2D eigenvalue weighted by Crippen LogP contribution is 2.35. The number of aliphatic carboxylic acids is 1. The van der Waals surface area contributed by atoms with Gasteiger partial charge >= 0.3 is 5.97 Å². The number of benzene rings is 1. The minimum atomic E-state index is -0.818. The molecule has 0 aromatic heterocycles. The molecule has 0 radical (unpaired) electrons. The van der Waals surface area contributed by atoms with Crippen molar-refractivity contribution in [1.29, 1.82) is 5.26 Å². The molecule has 0 bridgehead atoms. The van der Waals surface area contributed by atoms with Gasteiger partial charge in [0.1, 0.15) is 0 Å². The first kappa shape index (κ1) is 13.2. The lowest BCUT2D eigenvalue weighted by atomic mass is 9.95. The molecule has 5 nitrogen and oxygen atoms in total. The van der Waals surface area contributed by atoms with E-state index in [0.717, 1.165) is 24.5 Å². The first-order valence-corrected chi connectivity index (χ1v) is 6.21. The summed E-state index contributed by atoms with van der Waals surface area (Å²) in [5.41, 5.74) is 1.94. The second kappa shape index (κ2) is 4.81. The van der Waals surface area contributed by atoms with Crippen molar-refractivity contribution in [3.63, 3.8) is 0 Å². The smallest absolute Gasteiger partial charge is 0.305 e. The molecular formula is C14H17N3O2. The fourth-order valence-corrected chi connectivity index (χ4v) is 2.49. The third kappa shape index (κ3) is 2.63. The molecule has 1 heterocycles. The van der Waals surface area contributed by atoms with Crippen LogP contribution in [0.5, 0.6) is 0 Å². The van der Waals surface area contributed by atoms with Crippen LogP contribution in [0.2, 0.25) is 0 Å². The van der Waals surface area contributed by atoms with Gasteiger partial charge in [-0.2, -0.15) is 5.26 Å². The number of hydrogen-bond acceptors (Lipinski definition) is 4. The van der Waals surface area contributed by atoms with Crippen LogP contribution in [0.4, 0.5) is 11.4 Å². The first-order valence-electron chi connectivity index (χ1n) is 6.21. The van der Waals surface area contributed by atoms with Crippen molar-refractivity contribution in [2.24, 2.45) is 0 Å². The number of hydrogen-bond donors (Lipinski definition) is 2. The predicted molar refractivity (Wildman–Crippen MR) is 73.3 cm³/mol. The highest BCUT2D eigenvalue weighted by molar-refractivity contribution is 5.76. The van der Waals surface area contributed by atoms with Crippen LogP contribution in [0.1, 0.15) is 25.8 Å². The summed E-state index contributed by atoms with van der Waals surface area (Å²) in [5.74, 6) is -0.818. The lowest BCUT2D eigenvalue weighted by Gasteiger charge is -2.43. The van der Waals surface area contributed by atoms with Crippen molar-refractivity contribution in [1.82, 2.24) is 0 Å². The average molecular weight is 259 g/mol. The Morgan fingerprint density at radius 1 is 1.58 bits per heavy atom. The Kier molecular flexibility index (Phi) is 3.34. The molecule has 1 aliphatic rings. The van der Waals surface area contributed by atoms with Crippen LogP contribution in [0, 0.1) is 11.3 Å². The normalized spacial score (nSPS) is 14.3. The molecule has 0 saturated carbocycles. The number of carbonyl (C=O) groups is 1. The van der Waals surface area contributed by atoms with E-state index in [1.807, 2.05) is 26.0 Å². The monoisotopic (exact) mass is 259 g/mol. The summed E-state index contributed by atoms with van der Waals surface area (Å²) < 4.78 is 0. The summed E-state index contributed by atoms with van der Waals surface area (Å²) in [7, 11) is 0. The first-order chi connectivity index (χ1) is 8.94. The fourth-order valence-electron chi connectivity index (χ4n) is 2.49. The summed E-state index contributed by atoms with van der Waals surface area (Å²) >= 11 is 0. The zero-order chi connectivity index (χ0) is 14.0. The standard InChI is InChI=1S/C14H17N3O2/c1-14(2,8-13(18)19)17-6-5-16-11-4-3-10(9-15)7-12(11)17/h3-4,7,16H,5-6,8H2,1-2H3,(H,18,19). The highest BCUT2D eigenvalue weighted by Gasteiger charge is 2.32. The minimum Gasteiger partial charge on any atom is -0.481 e. The number of anilines is 2. The van der Waals surface area contributed by atoms with Crippen molar-refractivity contribution in [2.45, 2.75) is 25.8 Å². The van der Waals surface area contributed by atoms with Gasteiger partial charge in [-0.25, -0.2) is 0 Å². The van der Waals surface area contributed by atoms with E-state index in [4.69, 9.17) is 10.4 Å². The van der Waals surface area contributed by atoms with E-state index < -0.39 is 11.5 Å². The number of nitriles is 1. The molecule has 0 spiro atoms. The lowest BCUT2D eigenvalue weighted by Crippen LogP contribution is -2.49. The lowest BCUT2D eigenvalue weighted by molar-refractivity contribution is -0.138. The Balaban J connectivity index is 2.41. The molecule has 0 amide bonds. The third-order valence-corrected chi connectivity index (χ3v) is 3.38. The molecule has 0 atom stereocenters. The maximum Gasteiger partial charge on any atom is 0.305 e. The van der Waals surface area contributed by atoms with Gasteiger partial charge in [0, 0.05) is 18.6 Å². The van der Waals surface area contributed by atoms with E-state index >= 15 is 0 Å². The number of rotatable bonds is 3. The Morgan fingerprint density at radius 3 is 2.95 bits per heavy atom. The second-order valence-electron chi connectivity index (χ2n) is 5.31. The Bertz CT molecular complexity index is 546. The molecule has 0 saturated heterocycles. The summed E-state index contributed by atoms with van der Waals surface area (Å²) in [6.07, 6.45) is 0.0588. The van der Waals surface area contributed by atoms with E-state index in [2.05, 4.69) is 16.3 Å². The van der Waals surface area contributed by atoms with Gasteiger partial charge in [0.25, 0.3) is 0 Å². The molecule has 0 fully saturated rings. The van der Waals surface area contributed by atoms with Crippen molar-refractivity contribution >= 4 is 17.3 Å². The number of fused-ring (bicyclic) bond motifs is 1. The van der Waals surface area contributed by atoms with Crippen molar-refractivity contribution in [3.05, 3.63) is 23.8 Å². The fraction of sp³-hybridized carbons (Fsp3) is 0.429. The summed E-state index contributed by atoms with van der Waals surface area (Å²) in [4.78, 5) is 13.1. The topological polar surface area (TPSA) is 76.4 Å². The van der Waals surface area contributed by atoms with E-state index in [0.29, 0.717) is 5.56 Å². The summed E-state index contributed by atoms with van der Waals surface area (Å²) in [6, 6.07) is 7.57. The quantitative estimate of drug-likeness (QED) is 0.868. The molecule has 19 heavy (non-hydrogen) atoms. The van der Waals surface area contributed by atoms with Crippen LogP contribution >= 0.6 is 0 Å². The van der Waals surface area contributed by atoms with Gasteiger partial charge < -0.3 is 15.3 Å². The Hall–Kier alpha value is -2.22. The largest absolute Gasteiger partial charge is 0.481 e. The van der Waals surface area contributed by atoms with E-state index in [9.17, 15) is 4.79 Å². The summed E-state index contributed by atoms with van der Waals surface area (Å²) in [5, 5.41) is 21.3. The maximum absolute atomic E-state index is 11.0. The molecule has 0 aliphatic carbocycles. The molecule has 0 unspecified atom stereocenters. The van der Waals surface area contributed by atoms with Crippen LogP contribution in [0.3, 0.4) is 0 Å². The van der Waals surface area contributed by atoms with Gasteiger partial charge in [-0.15, -0.1) is 0 Å². The molecule has 100 valence electrons. The third-order valence-electron chi connectivity index (χ3n) is 3.38. The Labute approximate surface area is 112 Å². The molecule has 5 heteroatoms. The van der Waals surface area contributed by atoms with Crippen molar-refractivity contribution < 1.29 is 9.90 Å². The van der Waals surface area contributed by atoms with Gasteiger partial charge in [-0.05, 0) is 32.0 Å². The maximum atomic E-state index is 11.0. The number of carboxylic acid groups (broad SMARTS) is 1. The van der Waals surface area contributed by atoms with Crippen molar-refractivity contribution in [3.8, 4) is 6.07 Å². The number of nitrogens with one attached hydrogen (secondary N) is 1. The predicted octanol–water partition coefficient (Wildman–Crippen LogP) is 2.04. The average Bonchev–Trinajstić information content (AvgIpc) is 2.35. The highest BCUT2D eigenvalue weighted by atomic mass is 16.4. The molecular weight excluding hydrogens is 242 g/mol. The molecule has 1 aromatic carbocycles. The van der Waals surface area contributed by atoms with Gasteiger partial charge in [0.05, 0.1) is 29.4 Å². The number of nitrogens with zero attached hydrogens (tertiary/aromatic N) is 2. The molecule has 2 rings (SSSR count). The van der Waals surface area contributed by atoms with Gasteiger partial charge in [-0.1, -0.05) is 0 Å². The second-order valence-corrected chi connectivity index (χ2v) is 5.31. The SMILES string of the molecule is CC(C)(CC(=O)O)N1CCNc2ccc(C#N)cc21. The van der Waals surface area contributed by atoms with Gasteiger partial charge in [0.15, 0.2) is 0 Å². The molecule has 1 aliphatic heterocycles. The van der Waals surface area contributed by atoms with Gasteiger partial charge in [-0.3, -0.25) is 4.79 Å².